The molecular weight excluding hydrogens is 1320 g/mol. The Balaban J connectivity index is 2.06. The first-order valence-electron chi connectivity index (χ1n) is 36.9. The van der Waals surface area contributed by atoms with Gasteiger partial charge in [0.15, 0.2) is 0 Å². The van der Waals surface area contributed by atoms with Gasteiger partial charge < -0.3 is 75.5 Å². The van der Waals surface area contributed by atoms with Gasteiger partial charge >= 0.3 is 0 Å². The van der Waals surface area contributed by atoms with Crippen LogP contribution in [0.15, 0.2) is 60.7 Å². The van der Waals surface area contributed by atoms with E-state index >= 15 is 9.59 Å². The van der Waals surface area contributed by atoms with E-state index in [0.29, 0.717) is 32.2 Å². The van der Waals surface area contributed by atoms with Crippen LogP contribution >= 0.6 is 0 Å². The van der Waals surface area contributed by atoms with Gasteiger partial charge in [-0.05, 0) is 140 Å². The number of ether oxygens (including phenoxy) is 1. The first-order chi connectivity index (χ1) is 48.4. The number of nitrogens with one attached hydrogen (secondary N) is 4. The number of nitrogens with zero attached hydrogens (tertiary/aromatic N) is 8. The molecule has 0 spiro atoms. The molecule has 2 aromatic rings. The molecule has 27 heteroatoms. The molecule has 0 radical (unpaired) electrons. The van der Waals surface area contributed by atoms with Crippen LogP contribution in [0, 0.1) is 29.6 Å². The van der Waals surface area contributed by atoms with Crippen molar-refractivity contribution in [1.29, 1.82) is 0 Å². The third-order valence-electron chi connectivity index (χ3n) is 19.4. The maximum Gasteiger partial charge on any atom is 0.248 e. The number of aliphatic hydroxyl groups excluding tert-OH is 5. The standard InChI is InChI=1S/C76H130N12O15/c1-48(2)41-57(78-70(96)66(52(9)10)81(12)13)71(97)87(19)63(44-51(7)8)75(101)86(18)62(45-55-31-25-21-26-32-55)68(94)79-58(47-103-40-39-90)72(98)84(16)59(34-33-54-29-23-20-24-30-54)74(100)85(17)61(43-50(5)6)69(95)80-65(53(11)91)76(102)82(14)46-64(92)83(15)60(42-49(3)4)67(93)77-56(35-38-89)73(99)88-36-27-22-28-37-88/h20-21,23-26,29-32,38,48-53,56-63,65-66,68,71,75,79,90-91,94,97,101H,22,27-28,33-37,39-47H2,1-19H3,(H,77,93)(H,78,96)(H,80,95)/t53-,56+,57+,58+,59+,60+,61+,62+,63+,65+,66+,68?,71?,75?/m1/s1. The average molecular weight is 1450 g/mol. The van der Waals surface area contributed by atoms with Crippen molar-refractivity contribution in [3.8, 4) is 0 Å². The molecule has 1 aliphatic rings. The van der Waals surface area contributed by atoms with E-state index in [1.54, 1.807) is 28.8 Å². The summed E-state index contributed by atoms with van der Waals surface area (Å²) in [7, 11) is 12.5. The quantitative estimate of drug-likeness (QED) is 0.0261. The second kappa shape index (κ2) is 45.1. The van der Waals surface area contributed by atoms with Crippen LogP contribution in [0.3, 0.4) is 0 Å². The molecule has 2 aromatic carbocycles. The van der Waals surface area contributed by atoms with Crippen molar-refractivity contribution in [3.05, 3.63) is 71.8 Å². The smallest absolute Gasteiger partial charge is 0.248 e. The minimum absolute atomic E-state index is 0.0167. The molecule has 1 saturated heterocycles. The summed E-state index contributed by atoms with van der Waals surface area (Å²) in [5.41, 5.74) is 1.59. The SMILES string of the molecule is CC(C)C[C@H](NC(=O)[C@H](C(C)C)N(C)C)C(O)N(C)[C@@H](CC(C)C)C(O)N(C)[C@@H](Cc1ccccc1)C(O)N[C@@H](COCCO)C(=O)N(C)[C@@H](CCc1ccccc1)C(=O)N(C)[C@@H](CC(C)C)C(=O)N[C@H](C(=O)N(C)CC(=O)N(C)[C@@H](CC(C)C)C(=O)N[C@@H](CC=O)C(=O)N1CCCCC1)[C@@H](C)O. The van der Waals surface area contributed by atoms with Crippen LogP contribution in [0.5, 0.6) is 0 Å². The lowest BCUT2D eigenvalue weighted by molar-refractivity contribution is -0.152. The molecule has 1 fully saturated rings. The van der Waals surface area contributed by atoms with E-state index in [1.807, 2.05) is 149 Å². The lowest BCUT2D eigenvalue weighted by Gasteiger charge is -2.45. The number of likely N-dealkylation sites (N-methyl/N-ethyl adjacent to an activating group) is 7. The van der Waals surface area contributed by atoms with Crippen LogP contribution in [-0.2, 0) is 60.7 Å². The van der Waals surface area contributed by atoms with Crippen LogP contribution in [0.25, 0.3) is 0 Å². The van der Waals surface area contributed by atoms with Gasteiger partial charge in [-0.1, -0.05) is 130 Å². The van der Waals surface area contributed by atoms with E-state index in [1.165, 1.54) is 49.8 Å². The molecule has 0 bridgehead atoms. The summed E-state index contributed by atoms with van der Waals surface area (Å²) >= 11 is 0. The van der Waals surface area contributed by atoms with Crippen molar-refractivity contribution < 1.29 is 73.4 Å². The summed E-state index contributed by atoms with van der Waals surface area (Å²) in [6, 6.07) is 7.50. The van der Waals surface area contributed by atoms with Crippen LogP contribution in [0.4, 0.5) is 0 Å². The minimum atomic E-state index is -1.66. The third kappa shape index (κ3) is 28.7. The van der Waals surface area contributed by atoms with Gasteiger partial charge in [0, 0.05) is 47.7 Å². The summed E-state index contributed by atoms with van der Waals surface area (Å²) in [6.45, 7) is 19.9. The predicted octanol–water partition coefficient (Wildman–Crippen LogP) is 2.53. The highest BCUT2D eigenvalue weighted by atomic mass is 16.5. The molecule has 0 aliphatic carbocycles. The second-order valence-corrected chi connectivity index (χ2v) is 30.5. The number of likely N-dealkylation sites (tertiary alicyclic amines) is 1. The monoisotopic (exact) mass is 1450 g/mol. The number of piperidine rings is 1. The molecule has 8 amide bonds. The molecule has 1 aliphatic heterocycles. The lowest BCUT2D eigenvalue weighted by Crippen LogP contribution is -2.64. The van der Waals surface area contributed by atoms with Gasteiger partial charge in [-0.3, -0.25) is 58.4 Å². The van der Waals surface area contributed by atoms with Crippen molar-refractivity contribution in [2.24, 2.45) is 29.6 Å². The summed E-state index contributed by atoms with van der Waals surface area (Å²) in [5.74, 6) is -5.44. The number of hydrogen-bond donors (Lipinski definition) is 9. The topological polar surface area (TPSA) is 338 Å². The number of aldehydes is 1. The first-order valence-corrected chi connectivity index (χ1v) is 36.9. The molecule has 3 rings (SSSR count). The molecule has 584 valence electrons. The minimum Gasteiger partial charge on any atom is -0.394 e. The predicted molar refractivity (Wildman–Crippen MR) is 397 cm³/mol. The molecule has 27 nitrogen and oxygen atoms in total. The van der Waals surface area contributed by atoms with E-state index in [-0.39, 0.29) is 86.5 Å². The zero-order valence-electron chi connectivity index (χ0n) is 65.2. The normalized spacial score (nSPS) is 17.0. The number of rotatable bonds is 46. The molecule has 0 saturated carbocycles. The van der Waals surface area contributed by atoms with E-state index in [2.05, 4.69) is 21.3 Å². The fourth-order valence-electron chi connectivity index (χ4n) is 13.6. The lowest BCUT2D eigenvalue weighted by atomic mass is 9.95. The van der Waals surface area contributed by atoms with Crippen LogP contribution in [0.2, 0.25) is 0 Å². The zero-order valence-corrected chi connectivity index (χ0v) is 65.2. The molecule has 0 aromatic heterocycles. The third-order valence-corrected chi connectivity index (χ3v) is 19.4. The molecule has 3 unspecified atom stereocenters. The number of amides is 8. The van der Waals surface area contributed by atoms with Crippen LogP contribution < -0.4 is 21.3 Å². The Morgan fingerprint density at radius 3 is 1.58 bits per heavy atom. The second-order valence-electron chi connectivity index (χ2n) is 30.5. The highest BCUT2D eigenvalue weighted by Crippen LogP contribution is 2.26. The van der Waals surface area contributed by atoms with Gasteiger partial charge in [0.2, 0.25) is 47.3 Å². The Hall–Kier alpha value is -6.53. The largest absolute Gasteiger partial charge is 0.394 e. The summed E-state index contributed by atoms with van der Waals surface area (Å²) < 4.78 is 5.86. The molecule has 103 heavy (non-hydrogen) atoms. The van der Waals surface area contributed by atoms with Gasteiger partial charge in [-0.15, -0.1) is 0 Å². The Labute approximate surface area is 614 Å². The Morgan fingerprint density at radius 1 is 0.563 bits per heavy atom. The maximum atomic E-state index is 15.5. The van der Waals surface area contributed by atoms with Crippen molar-refractivity contribution in [3.63, 3.8) is 0 Å². The Morgan fingerprint density at radius 2 is 1.08 bits per heavy atom. The van der Waals surface area contributed by atoms with Crippen molar-refractivity contribution >= 4 is 53.5 Å². The van der Waals surface area contributed by atoms with Crippen LogP contribution in [0.1, 0.15) is 145 Å². The molecule has 14 atom stereocenters. The fourth-order valence-corrected chi connectivity index (χ4v) is 13.6. The number of aliphatic hydroxyl groups is 5. The van der Waals surface area contributed by atoms with Crippen LogP contribution in [-0.4, -0.2) is 299 Å². The number of hydrogen-bond acceptors (Lipinski definition) is 19. The zero-order chi connectivity index (χ0) is 77.7. The Kier molecular flexibility index (Phi) is 39.7. The number of carbonyl (C=O) groups excluding carboxylic acids is 9. The number of carbonyl (C=O) groups is 9. The number of benzene rings is 2. The van der Waals surface area contributed by atoms with E-state index < -0.39 is 140 Å². The van der Waals surface area contributed by atoms with Gasteiger partial charge in [0.05, 0.1) is 56.6 Å². The van der Waals surface area contributed by atoms with Gasteiger partial charge in [-0.2, -0.15) is 0 Å². The van der Waals surface area contributed by atoms with Gasteiger partial charge in [0.25, 0.3) is 0 Å². The molecular formula is C76H130N12O15. The van der Waals surface area contributed by atoms with Gasteiger partial charge in [0.1, 0.15) is 61.2 Å². The summed E-state index contributed by atoms with van der Waals surface area (Å²) in [6.07, 6.45) is -1.60. The fraction of sp³-hybridized carbons (Fsp3) is 0.724. The van der Waals surface area contributed by atoms with Crippen molar-refractivity contribution in [2.45, 2.75) is 232 Å². The summed E-state index contributed by atoms with van der Waals surface area (Å²) in [5, 5.41) is 70.6. The van der Waals surface area contributed by atoms with E-state index in [9.17, 15) is 59.1 Å². The van der Waals surface area contributed by atoms with E-state index in [0.717, 1.165) is 35.3 Å². The van der Waals surface area contributed by atoms with Crippen molar-refractivity contribution in [1.82, 2.24) is 60.5 Å². The highest BCUT2D eigenvalue weighted by Gasteiger charge is 2.44. The molecule has 1 heterocycles. The molecule has 9 N–H and O–H groups in total. The first kappa shape index (κ1) is 90.7. The Bertz CT molecular complexity index is 2900. The maximum absolute atomic E-state index is 15.5. The van der Waals surface area contributed by atoms with Crippen molar-refractivity contribution in [2.75, 3.05) is 95.8 Å². The highest BCUT2D eigenvalue weighted by molar-refractivity contribution is 5.97. The van der Waals surface area contributed by atoms with E-state index in [4.69, 9.17) is 4.74 Å². The summed E-state index contributed by atoms with van der Waals surface area (Å²) in [4.78, 5) is 139. The number of aryl methyl sites for hydroxylation is 1. The average Bonchev–Trinajstić information content (AvgIpc) is 0.817. The van der Waals surface area contributed by atoms with Gasteiger partial charge in [-0.25, -0.2) is 0 Å².